The maximum Gasteiger partial charge on any atom is 0.227 e. The number of benzene rings is 2. The number of pyridine rings is 1. The molecule has 0 bridgehead atoms. The van der Waals surface area contributed by atoms with Crippen molar-refractivity contribution in [1.82, 2.24) is 20.3 Å². The van der Waals surface area contributed by atoms with E-state index in [9.17, 15) is 4.39 Å². The SMILES string of the molecule is C#Cc1c(F)ccc2cccc(-c3nc(OC)c4c(N5CCNCC(C)(C)C5)ncnc4c3F)c12. The van der Waals surface area contributed by atoms with Gasteiger partial charge in [-0.2, -0.15) is 0 Å². The number of aromatic nitrogens is 3. The summed E-state index contributed by atoms with van der Waals surface area (Å²) in [6.07, 6.45) is 6.98. The van der Waals surface area contributed by atoms with Crippen molar-refractivity contribution in [1.29, 1.82) is 0 Å². The second kappa shape index (κ2) is 8.75. The molecule has 0 unspecified atom stereocenters. The Hall–Kier alpha value is -3.83. The average Bonchev–Trinajstić information content (AvgIpc) is 3.04. The van der Waals surface area contributed by atoms with Gasteiger partial charge in [0.1, 0.15) is 34.6 Å². The molecule has 5 rings (SSSR count). The molecule has 35 heavy (non-hydrogen) atoms. The van der Waals surface area contributed by atoms with Crippen molar-refractivity contribution in [2.45, 2.75) is 13.8 Å². The molecule has 0 amide bonds. The van der Waals surface area contributed by atoms with Crippen LogP contribution in [0.15, 0.2) is 36.7 Å². The molecule has 1 saturated heterocycles. The number of hydrogen-bond acceptors (Lipinski definition) is 6. The highest BCUT2D eigenvalue weighted by atomic mass is 19.1. The summed E-state index contributed by atoms with van der Waals surface area (Å²) < 4.78 is 36.3. The Morgan fingerprint density at radius 2 is 1.97 bits per heavy atom. The Labute approximate surface area is 202 Å². The zero-order valence-electron chi connectivity index (χ0n) is 19.8. The standard InChI is InChI=1S/C27H25F2N5O/c1-5-17-19(28)10-9-16-7-6-8-18(20(16)17)23-22(29)24-21(26(33-23)35-4)25(32-15-31-24)34-12-11-30-13-27(2,3)14-34/h1,6-10,15,30H,11-14H2,2-4H3. The third-order valence-electron chi connectivity index (χ3n) is 6.34. The summed E-state index contributed by atoms with van der Waals surface area (Å²) in [5, 5.41) is 4.93. The number of methoxy groups -OCH3 is 1. The Morgan fingerprint density at radius 3 is 2.74 bits per heavy atom. The van der Waals surface area contributed by atoms with Gasteiger partial charge in [0.15, 0.2) is 5.82 Å². The number of anilines is 1. The first-order chi connectivity index (χ1) is 16.8. The van der Waals surface area contributed by atoms with Gasteiger partial charge in [0, 0.05) is 37.1 Å². The second-order valence-corrected chi connectivity index (χ2v) is 9.44. The first-order valence-electron chi connectivity index (χ1n) is 11.4. The van der Waals surface area contributed by atoms with Crippen LogP contribution < -0.4 is 15.0 Å². The van der Waals surface area contributed by atoms with Gasteiger partial charge in [-0.05, 0) is 16.9 Å². The van der Waals surface area contributed by atoms with E-state index < -0.39 is 11.6 Å². The lowest BCUT2D eigenvalue weighted by molar-refractivity contribution is 0.370. The monoisotopic (exact) mass is 473 g/mol. The number of nitrogens with zero attached hydrogens (tertiary/aromatic N) is 4. The number of fused-ring (bicyclic) bond motifs is 2. The molecular formula is C27H25F2N5O. The average molecular weight is 474 g/mol. The van der Waals surface area contributed by atoms with Gasteiger partial charge in [0.2, 0.25) is 5.88 Å². The summed E-state index contributed by atoms with van der Waals surface area (Å²) in [6.45, 7) is 7.36. The van der Waals surface area contributed by atoms with E-state index in [4.69, 9.17) is 11.2 Å². The van der Waals surface area contributed by atoms with E-state index in [1.165, 1.54) is 19.5 Å². The fourth-order valence-corrected chi connectivity index (χ4v) is 4.79. The van der Waals surface area contributed by atoms with Crippen LogP contribution in [0.2, 0.25) is 0 Å². The van der Waals surface area contributed by atoms with Gasteiger partial charge in [-0.15, -0.1) is 6.42 Å². The number of ether oxygens (including phenoxy) is 1. The summed E-state index contributed by atoms with van der Waals surface area (Å²) in [7, 11) is 1.48. The van der Waals surface area contributed by atoms with E-state index in [1.807, 2.05) is 0 Å². The first-order valence-corrected chi connectivity index (χ1v) is 11.4. The lowest BCUT2D eigenvalue weighted by Crippen LogP contribution is -2.35. The molecule has 1 aliphatic heterocycles. The van der Waals surface area contributed by atoms with Crippen LogP contribution in [0.4, 0.5) is 14.6 Å². The van der Waals surface area contributed by atoms with Crippen molar-refractivity contribution in [3.05, 3.63) is 53.9 Å². The predicted molar refractivity (Wildman–Crippen MR) is 134 cm³/mol. The van der Waals surface area contributed by atoms with E-state index in [0.717, 1.165) is 13.1 Å². The zero-order chi connectivity index (χ0) is 24.7. The third kappa shape index (κ3) is 3.92. The van der Waals surface area contributed by atoms with E-state index in [-0.39, 0.29) is 28.1 Å². The van der Waals surface area contributed by atoms with Crippen molar-refractivity contribution < 1.29 is 13.5 Å². The van der Waals surface area contributed by atoms with Gasteiger partial charge in [0.05, 0.1) is 12.7 Å². The summed E-state index contributed by atoms with van der Waals surface area (Å²) in [5.74, 6) is 1.97. The van der Waals surface area contributed by atoms with Gasteiger partial charge >= 0.3 is 0 Å². The maximum absolute atomic E-state index is 16.1. The molecule has 1 N–H and O–H groups in total. The molecule has 4 aromatic rings. The number of nitrogens with one attached hydrogen (secondary N) is 1. The van der Waals surface area contributed by atoms with Crippen LogP contribution in [0.1, 0.15) is 19.4 Å². The number of rotatable bonds is 3. The molecule has 2 aromatic carbocycles. The van der Waals surface area contributed by atoms with Crippen LogP contribution in [0.25, 0.3) is 32.9 Å². The first kappa shape index (κ1) is 22.9. The minimum Gasteiger partial charge on any atom is -0.480 e. The topological polar surface area (TPSA) is 63.2 Å². The van der Waals surface area contributed by atoms with E-state index in [1.54, 1.807) is 24.3 Å². The Morgan fingerprint density at radius 1 is 1.14 bits per heavy atom. The van der Waals surface area contributed by atoms with E-state index in [2.05, 4.69) is 44.9 Å². The maximum atomic E-state index is 16.1. The molecule has 6 nitrogen and oxygen atoms in total. The van der Waals surface area contributed by atoms with Crippen LogP contribution in [-0.4, -0.2) is 48.2 Å². The van der Waals surface area contributed by atoms with Crippen molar-refractivity contribution in [3.63, 3.8) is 0 Å². The molecule has 0 aliphatic carbocycles. The van der Waals surface area contributed by atoms with Gasteiger partial charge in [-0.3, -0.25) is 0 Å². The molecule has 0 radical (unpaired) electrons. The van der Waals surface area contributed by atoms with Gasteiger partial charge < -0.3 is 15.0 Å². The highest BCUT2D eigenvalue weighted by Gasteiger charge is 2.29. The summed E-state index contributed by atoms with van der Waals surface area (Å²) >= 11 is 0. The largest absolute Gasteiger partial charge is 0.480 e. The molecular weight excluding hydrogens is 448 g/mol. The van der Waals surface area contributed by atoms with Gasteiger partial charge in [0.25, 0.3) is 0 Å². The quantitative estimate of drug-likeness (QED) is 0.441. The Bertz CT molecular complexity index is 1500. The highest BCUT2D eigenvalue weighted by Crippen LogP contribution is 2.40. The Balaban J connectivity index is 1.78. The third-order valence-corrected chi connectivity index (χ3v) is 6.34. The normalized spacial score (nSPS) is 15.7. The lowest BCUT2D eigenvalue weighted by Gasteiger charge is -2.30. The minimum atomic E-state index is -0.642. The van der Waals surface area contributed by atoms with Crippen LogP contribution >= 0.6 is 0 Å². The molecule has 0 spiro atoms. The van der Waals surface area contributed by atoms with Gasteiger partial charge in [-0.25, -0.2) is 23.7 Å². The molecule has 0 atom stereocenters. The fraction of sp³-hybridized carbons (Fsp3) is 0.296. The van der Waals surface area contributed by atoms with E-state index >= 15 is 4.39 Å². The highest BCUT2D eigenvalue weighted by molar-refractivity contribution is 6.03. The molecule has 0 saturated carbocycles. The Kier molecular flexibility index (Phi) is 5.73. The lowest BCUT2D eigenvalue weighted by atomic mass is 9.93. The van der Waals surface area contributed by atoms with Crippen molar-refractivity contribution in [2.24, 2.45) is 5.41 Å². The van der Waals surface area contributed by atoms with Crippen LogP contribution in [0.5, 0.6) is 5.88 Å². The van der Waals surface area contributed by atoms with Crippen molar-refractivity contribution in [2.75, 3.05) is 38.2 Å². The minimum absolute atomic E-state index is 0.00966. The van der Waals surface area contributed by atoms with Crippen LogP contribution in [0, 0.1) is 29.4 Å². The van der Waals surface area contributed by atoms with E-state index in [0.29, 0.717) is 40.6 Å². The van der Waals surface area contributed by atoms with Crippen LogP contribution in [0.3, 0.4) is 0 Å². The summed E-state index contributed by atoms with van der Waals surface area (Å²) in [4.78, 5) is 15.4. The van der Waals surface area contributed by atoms with Crippen molar-refractivity contribution >= 4 is 27.5 Å². The molecule has 1 fully saturated rings. The number of terminal acetylenes is 1. The molecule has 3 heterocycles. The summed E-state index contributed by atoms with van der Waals surface area (Å²) in [6, 6.07) is 8.14. The zero-order valence-corrected chi connectivity index (χ0v) is 19.8. The smallest absolute Gasteiger partial charge is 0.227 e. The fourth-order valence-electron chi connectivity index (χ4n) is 4.79. The predicted octanol–water partition coefficient (Wildman–Crippen LogP) is 4.55. The molecule has 8 heteroatoms. The molecule has 2 aromatic heterocycles. The van der Waals surface area contributed by atoms with Gasteiger partial charge in [-0.1, -0.05) is 44.0 Å². The van der Waals surface area contributed by atoms with Crippen LogP contribution in [-0.2, 0) is 0 Å². The summed E-state index contributed by atoms with van der Waals surface area (Å²) in [5.41, 5.74) is 0.479. The molecule has 178 valence electrons. The molecule has 1 aliphatic rings. The number of halogens is 2. The second-order valence-electron chi connectivity index (χ2n) is 9.44. The van der Waals surface area contributed by atoms with Crippen molar-refractivity contribution in [3.8, 4) is 29.5 Å². The number of hydrogen-bond donors (Lipinski definition) is 1.